The molecule has 0 bridgehead atoms. The number of nitriles is 1. The van der Waals surface area contributed by atoms with Gasteiger partial charge in [-0.25, -0.2) is 4.98 Å². The molecular weight excluding hydrogens is 408 g/mol. The summed E-state index contributed by atoms with van der Waals surface area (Å²) in [7, 11) is 0. The van der Waals surface area contributed by atoms with Crippen LogP contribution in [0.2, 0.25) is 5.02 Å². The van der Waals surface area contributed by atoms with E-state index in [4.69, 9.17) is 11.6 Å². The van der Waals surface area contributed by atoms with E-state index in [1.807, 2.05) is 25.1 Å². The van der Waals surface area contributed by atoms with Gasteiger partial charge in [0.15, 0.2) is 5.16 Å². The number of carbonyl (C=O) groups excluding carboxylic acids is 1. The predicted octanol–water partition coefficient (Wildman–Crippen LogP) is 4.39. The molecule has 0 aliphatic rings. The lowest BCUT2D eigenvalue weighted by atomic mass is 10.1. The van der Waals surface area contributed by atoms with Crippen molar-refractivity contribution in [3.63, 3.8) is 0 Å². The smallest absolute Gasteiger partial charge is 0.270 e. The highest BCUT2D eigenvalue weighted by atomic mass is 35.5. The fraction of sp³-hybridized carbons (Fsp3) is 0.143. The molecule has 0 aliphatic heterocycles. The van der Waals surface area contributed by atoms with Gasteiger partial charge in [0.2, 0.25) is 5.91 Å². The van der Waals surface area contributed by atoms with Crippen LogP contribution < -0.4 is 10.9 Å². The van der Waals surface area contributed by atoms with Gasteiger partial charge in [-0.05, 0) is 31.5 Å². The molecule has 0 aliphatic carbocycles. The quantitative estimate of drug-likeness (QED) is 0.467. The van der Waals surface area contributed by atoms with Crippen LogP contribution in [0.15, 0.2) is 58.5 Å². The number of nitrogens with zero attached hydrogens (tertiary/aromatic N) is 2. The molecule has 1 atom stereocenters. The number of hydrogen-bond donors (Lipinski definition) is 2. The van der Waals surface area contributed by atoms with Gasteiger partial charge in [0.1, 0.15) is 11.6 Å². The summed E-state index contributed by atoms with van der Waals surface area (Å²) in [6, 6.07) is 16.1. The molecule has 0 saturated carbocycles. The third kappa shape index (κ3) is 4.86. The lowest BCUT2D eigenvalue weighted by molar-refractivity contribution is -0.115. The Bertz CT molecular complexity index is 1160. The van der Waals surface area contributed by atoms with E-state index in [-0.39, 0.29) is 22.3 Å². The van der Waals surface area contributed by atoms with E-state index in [0.29, 0.717) is 16.3 Å². The molecule has 0 radical (unpaired) electrons. The fourth-order valence-electron chi connectivity index (χ4n) is 2.60. The van der Waals surface area contributed by atoms with E-state index in [1.54, 1.807) is 43.3 Å². The zero-order valence-electron chi connectivity index (χ0n) is 15.7. The Kier molecular flexibility index (Phi) is 6.37. The third-order valence-electron chi connectivity index (χ3n) is 4.17. The summed E-state index contributed by atoms with van der Waals surface area (Å²) >= 11 is 7.10. The Morgan fingerprint density at radius 1 is 1.28 bits per heavy atom. The molecule has 2 aromatic carbocycles. The average molecular weight is 425 g/mol. The zero-order chi connectivity index (χ0) is 21.0. The highest BCUT2D eigenvalue weighted by Crippen LogP contribution is 2.26. The maximum atomic E-state index is 12.6. The number of hydrogen-bond acceptors (Lipinski definition) is 5. The second kappa shape index (κ2) is 8.95. The molecule has 29 heavy (non-hydrogen) atoms. The molecule has 0 fully saturated rings. The Hall–Kier alpha value is -3.08. The SMILES string of the molecule is Cc1ccc(Cl)cc1NC(=O)[C@@H](C)Sc1nc(-c2ccccc2)c(C#N)c(=O)[nH]1. The highest BCUT2D eigenvalue weighted by Gasteiger charge is 2.19. The van der Waals surface area contributed by atoms with Gasteiger partial charge in [-0.2, -0.15) is 5.26 Å². The van der Waals surface area contributed by atoms with Gasteiger partial charge in [0.05, 0.1) is 10.9 Å². The van der Waals surface area contributed by atoms with Crippen molar-refractivity contribution >= 4 is 35.0 Å². The lowest BCUT2D eigenvalue weighted by Crippen LogP contribution is -2.24. The summed E-state index contributed by atoms with van der Waals surface area (Å²) in [6.45, 7) is 3.58. The van der Waals surface area contributed by atoms with Crippen molar-refractivity contribution < 1.29 is 4.79 Å². The predicted molar refractivity (Wildman–Crippen MR) is 115 cm³/mol. The van der Waals surface area contributed by atoms with Crippen molar-refractivity contribution in [2.24, 2.45) is 0 Å². The maximum Gasteiger partial charge on any atom is 0.270 e. The molecule has 1 heterocycles. The van der Waals surface area contributed by atoms with Crippen molar-refractivity contribution in [2.75, 3.05) is 5.32 Å². The highest BCUT2D eigenvalue weighted by molar-refractivity contribution is 8.00. The fourth-order valence-corrected chi connectivity index (χ4v) is 3.57. The molecule has 1 amide bonds. The molecule has 0 saturated heterocycles. The summed E-state index contributed by atoms with van der Waals surface area (Å²) < 4.78 is 0. The molecule has 3 aromatic rings. The molecule has 0 spiro atoms. The second-order valence-corrected chi connectivity index (χ2v) is 8.05. The Morgan fingerprint density at radius 3 is 2.69 bits per heavy atom. The molecule has 0 unspecified atom stereocenters. The van der Waals surface area contributed by atoms with Crippen molar-refractivity contribution in [3.05, 3.63) is 75.0 Å². The number of benzene rings is 2. The van der Waals surface area contributed by atoms with Gasteiger partial charge >= 0.3 is 0 Å². The number of H-pyrrole nitrogens is 1. The van der Waals surface area contributed by atoms with Gasteiger partial charge in [0, 0.05) is 16.3 Å². The monoisotopic (exact) mass is 424 g/mol. The summed E-state index contributed by atoms with van der Waals surface area (Å²) in [5.41, 5.74) is 1.85. The summed E-state index contributed by atoms with van der Waals surface area (Å²) in [4.78, 5) is 31.9. The van der Waals surface area contributed by atoms with Crippen molar-refractivity contribution in [2.45, 2.75) is 24.3 Å². The minimum Gasteiger partial charge on any atom is -0.325 e. The second-order valence-electron chi connectivity index (χ2n) is 6.28. The number of anilines is 1. The average Bonchev–Trinajstić information content (AvgIpc) is 2.71. The van der Waals surface area contributed by atoms with E-state index in [2.05, 4.69) is 15.3 Å². The van der Waals surface area contributed by atoms with Gasteiger partial charge in [0.25, 0.3) is 5.56 Å². The van der Waals surface area contributed by atoms with Crippen LogP contribution in [0, 0.1) is 18.3 Å². The van der Waals surface area contributed by atoms with Gasteiger partial charge in [-0.15, -0.1) is 0 Å². The molecule has 2 N–H and O–H groups in total. The van der Waals surface area contributed by atoms with Crippen LogP contribution >= 0.6 is 23.4 Å². The van der Waals surface area contributed by atoms with Gasteiger partial charge in [-0.1, -0.05) is 59.8 Å². The number of amides is 1. The number of aromatic amines is 1. The lowest BCUT2D eigenvalue weighted by Gasteiger charge is -2.14. The first-order chi connectivity index (χ1) is 13.9. The molecule has 3 rings (SSSR count). The van der Waals surface area contributed by atoms with Crippen LogP contribution in [-0.4, -0.2) is 21.1 Å². The summed E-state index contributed by atoms with van der Waals surface area (Å²) in [5, 5.41) is 12.4. The number of aryl methyl sites for hydroxylation is 1. The number of rotatable bonds is 5. The van der Waals surface area contributed by atoms with Crippen LogP contribution in [0.5, 0.6) is 0 Å². The van der Waals surface area contributed by atoms with Crippen LogP contribution in [0.3, 0.4) is 0 Å². The minimum absolute atomic E-state index is 0.0628. The van der Waals surface area contributed by atoms with E-state index < -0.39 is 10.8 Å². The molecular formula is C21H17ClN4O2S. The Balaban J connectivity index is 1.85. The number of nitrogens with one attached hydrogen (secondary N) is 2. The van der Waals surface area contributed by atoms with Crippen LogP contribution in [0.25, 0.3) is 11.3 Å². The first-order valence-electron chi connectivity index (χ1n) is 8.72. The normalized spacial score (nSPS) is 11.5. The van der Waals surface area contributed by atoms with E-state index in [9.17, 15) is 14.9 Å². The molecule has 6 nitrogen and oxygen atoms in total. The van der Waals surface area contributed by atoms with Crippen molar-refractivity contribution in [3.8, 4) is 17.3 Å². The topological polar surface area (TPSA) is 98.6 Å². The van der Waals surface area contributed by atoms with Crippen LogP contribution in [-0.2, 0) is 4.79 Å². The minimum atomic E-state index is -0.548. The van der Waals surface area contributed by atoms with E-state index in [0.717, 1.165) is 17.3 Å². The standard InChI is InChI=1S/C21H17ClN4O2S/c1-12-8-9-15(22)10-17(12)24-19(27)13(2)29-21-25-18(14-6-4-3-5-7-14)16(11-23)20(28)26-21/h3-10,13H,1-2H3,(H,24,27)(H,25,26,28)/t13-/m1/s1. The number of thioether (sulfide) groups is 1. The summed E-state index contributed by atoms with van der Waals surface area (Å²) in [6.07, 6.45) is 0. The first-order valence-corrected chi connectivity index (χ1v) is 9.98. The van der Waals surface area contributed by atoms with E-state index >= 15 is 0 Å². The zero-order valence-corrected chi connectivity index (χ0v) is 17.3. The number of aromatic nitrogens is 2. The van der Waals surface area contributed by atoms with Crippen LogP contribution in [0.1, 0.15) is 18.1 Å². The van der Waals surface area contributed by atoms with E-state index in [1.165, 1.54) is 0 Å². The molecule has 146 valence electrons. The van der Waals surface area contributed by atoms with Gasteiger partial charge < -0.3 is 10.3 Å². The van der Waals surface area contributed by atoms with Crippen molar-refractivity contribution in [1.29, 1.82) is 5.26 Å². The Labute approximate surface area is 177 Å². The van der Waals surface area contributed by atoms with Crippen molar-refractivity contribution in [1.82, 2.24) is 9.97 Å². The first kappa shape index (κ1) is 20.6. The molecule has 8 heteroatoms. The maximum absolute atomic E-state index is 12.6. The largest absolute Gasteiger partial charge is 0.325 e. The summed E-state index contributed by atoms with van der Waals surface area (Å²) in [5.74, 6) is -0.256. The van der Waals surface area contributed by atoms with Gasteiger partial charge in [-0.3, -0.25) is 9.59 Å². The van der Waals surface area contributed by atoms with Crippen LogP contribution in [0.4, 0.5) is 5.69 Å². The number of halogens is 1. The number of carbonyl (C=O) groups is 1. The molecule has 1 aromatic heterocycles. The Morgan fingerprint density at radius 2 is 2.00 bits per heavy atom. The third-order valence-corrected chi connectivity index (χ3v) is 5.39.